The van der Waals surface area contributed by atoms with Crippen LogP contribution < -0.4 is 5.32 Å². The molecule has 19 heavy (non-hydrogen) atoms. The van der Waals surface area contributed by atoms with Crippen molar-refractivity contribution in [2.24, 2.45) is 0 Å². The van der Waals surface area contributed by atoms with E-state index >= 15 is 0 Å². The van der Waals surface area contributed by atoms with Gasteiger partial charge in [0, 0.05) is 5.92 Å². The summed E-state index contributed by atoms with van der Waals surface area (Å²) in [5.74, 6) is -0.813. The van der Waals surface area contributed by atoms with Gasteiger partial charge in [0.25, 0.3) is 5.91 Å². The zero-order valence-electron chi connectivity index (χ0n) is 11.4. The summed E-state index contributed by atoms with van der Waals surface area (Å²) in [6, 6.07) is -1.10. The molecule has 0 aromatic carbocycles. The normalized spacial score (nSPS) is 12.3. The van der Waals surface area contributed by atoms with Crippen molar-refractivity contribution in [2.45, 2.75) is 32.7 Å². The van der Waals surface area contributed by atoms with E-state index in [1.807, 2.05) is 13.8 Å². The lowest BCUT2D eigenvalue weighted by molar-refractivity contribution is -0.143. The van der Waals surface area contributed by atoms with E-state index < -0.39 is 24.5 Å². The molecule has 0 radical (unpaired) electrons. The summed E-state index contributed by atoms with van der Waals surface area (Å²) in [6.45, 7) is 4.82. The number of amides is 1. The van der Waals surface area contributed by atoms with E-state index in [2.05, 4.69) is 15.2 Å². The molecule has 0 spiro atoms. The first-order chi connectivity index (χ1) is 8.92. The third-order valence-corrected chi connectivity index (χ3v) is 2.61. The molecule has 0 saturated carbocycles. The Morgan fingerprint density at radius 3 is 2.58 bits per heavy atom. The van der Waals surface area contributed by atoms with E-state index in [-0.39, 0.29) is 11.5 Å². The summed E-state index contributed by atoms with van der Waals surface area (Å²) in [6.07, 6.45) is 0. The molecule has 0 bridgehead atoms. The van der Waals surface area contributed by atoms with E-state index in [9.17, 15) is 9.59 Å². The Bertz CT molecular complexity index is 467. The van der Waals surface area contributed by atoms with Gasteiger partial charge in [-0.15, -0.1) is 0 Å². The van der Waals surface area contributed by atoms with Gasteiger partial charge in [0.15, 0.2) is 11.8 Å². The van der Waals surface area contributed by atoms with Crippen molar-refractivity contribution >= 4 is 11.9 Å². The minimum atomic E-state index is -1.10. The number of aromatic nitrogens is 1. The molecule has 0 saturated heterocycles. The van der Waals surface area contributed by atoms with Crippen LogP contribution in [0.15, 0.2) is 4.52 Å². The molecular formula is C12H18N2O5. The number of carbonyl (C=O) groups excluding carboxylic acids is 2. The Kier molecular flexibility index (Phi) is 5.05. The summed E-state index contributed by atoms with van der Waals surface area (Å²) in [5, 5.41) is 15.2. The molecule has 1 unspecified atom stereocenters. The monoisotopic (exact) mass is 270 g/mol. The highest BCUT2D eigenvalue weighted by Gasteiger charge is 2.27. The van der Waals surface area contributed by atoms with Crippen LogP contribution in [0.1, 0.15) is 41.6 Å². The number of esters is 1. The van der Waals surface area contributed by atoms with Crippen LogP contribution in [0.4, 0.5) is 0 Å². The molecule has 2 N–H and O–H groups in total. The van der Waals surface area contributed by atoms with Gasteiger partial charge in [-0.1, -0.05) is 19.0 Å². The molecule has 1 amide bonds. The quantitative estimate of drug-likeness (QED) is 0.749. The number of nitrogens with one attached hydrogen (secondary N) is 1. The number of rotatable bonds is 5. The second-order valence-corrected chi connectivity index (χ2v) is 4.39. The zero-order chi connectivity index (χ0) is 14.6. The summed E-state index contributed by atoms with van der Waals surface area (Å²) >= 11 is 0. The van der Waals surface area contributed by atoms with Gasteiger partial charge in [-0.3, -0.25) is 4.79 Å². The number of ether oxygens (including phenoxy) is 1. The SMILES string of the molecule is COC(=O)C(CO)NC(=O)c1c(C)noc1C(C)C. The van der Waals surface area contributed by atoms with Gasteiger partial charge in [-0.05, 0) is 6.92 Å². The van der Waals surface area contributed by atoms with Gasteiger partial charge in [0.2, 0.25) is 0 Å². The Balaban J connectivity index is 2.95. The van der Waals surface area contributed by atoms with Gasteiger partial charge in [-0.25, -0.2) is 4.79 Å². The summed E-state index contributed by atoms with van der Waals surface area (Å²) in [5.41, 5.74) is 0.722. The topological polar surface area (TPSA) is 102 Å². The van der Waals surface area contributed by atoms with Crippen molar-refractivity contribution in [3.63, 3.8) is 0 Å². The molecule has 1 rings (SSSR count). The van der Waals surface area contributed by atoms with Crippen LogP contribution in [0.2, 0.25) is 0 Å². The number of methoxy groups -OCH3 is 1. The van der Waals surface area contributed by atoms with Crippen molar-refractivity contribution in [1.29, 1.82) is 0 Å². The largest absolute Gasteiger partial charge is 0.467 e. The number of nitrogens with zero attached hydrogens (tertiary/aromatic N) is 1. The molecule has 1 heterocycles. The molecule has 1 aromatic rings. The highest BCUT2D eigenvalue weighted by molar-refractivity contribution is 5.98. The molecule has 7 heteroatoms. The number of carbonyl (C=O) groups is 2. The molecule has 0 aliphatic carbocycles. The standard InChI is InChI=1S/C12H18N2O5/c1-6(2)10-9(7(3)14-19-10)11(16)13-8(5-15)12(17)18-4/h6,8,15H,5H2,1-4H3,(H,13,16). The van der Waals surface area contributed by atoms with Crippen molar-refractivity contribution in [1.82, 2.24) is 10.5 Å². The third kappa shape index (κ3) is 3.31. The van der Waals surface area contributed by atoms with Crippen molar-refractivity contribution in [3.8, 4) is 0 Å². The molecule has 106 valence electrons. The lowest BCUT2D eigenvalue weighted by Gasteiger charge is -2.14. The van der Waals surface area contributed by atoms with Crippen molar-refractivity contribution in [2.75, 3.05) is 13.7 Å². The fourth-order valence-electron chi connectivity index (χ4n) is 1.61. The average Bonchev–Trinajstić information content (AvgIpc) is 2.76. The Morgan fingerprint density at radius 1 is 1.47 bits per heavy atom. The van der Waals surface area contributed by atoms with E-state index in [1.54, 1.807) is 6.92 Å². The number of hydrogen-bond donors (Lipinski definition) is 2. The molecule has 1 atom stereocenters. The van der Waals surface area contributed by atoms with E-state index in [0.717, 1.165) is 0 Å². The van der Waals surface area contributed by atoms with Gasteiger partial charge in [0.1, 0.15) is 5.56 Å². The van der Waals surface area contributed by atoms with Gasteiger partial charge < -0.3 is 19.7 Å². The van der Waals surface area contributed by atoms with Crippen molar-refractivity contribution < 1.29 is 24.0 Å². The van der Waals surface area contributed by atoms with Crippen LogP contribution in [-0.2, 0) is 9.53 Å². The zero-order valence-corrected chi connectivity index (χ0v) is 11.4. The first-order valence-corrected chi connectivity index (χ1v) is 5.88. The summed E-state index contributed by atoms with van der Waals surface area (Å²) < 4.78 is 9.57. The maximum Gasteiger partial charge on any atom is 0.330 e. The molecule has 1 aromatic heterocycles. The molecule has 0 fully saturated rings. The van der Waals surface area contributed by atoms with Crippen LogP contribution in [-0.4, -0.2) is 41.9 Å². The molecule has 7 nitrogen and oxygen atoms in total. The predicted molar refractivity (Wildman–Crippen MR) is 65.7 cm³/mol. The average molecular weight is 270 g/mol. The van der Waals surface area contributed by atoms with E-state index in [0.29, 0.717) is 11.5 Å². The molecule has 0 aliphatic heterocycles. The lowest BCUT2D eigenvalue weighted by atomic mass is 10.0. The van der Waals surface area contributed by atoms with Crippen LogP contribution >= 0.6 is 0 Å². The first kappa shape index (κ1) is 15.2. The maximum atomic E-state index is 12.1. The Labute approximate surface area is 110 Å². The Hall–Kier alpha value is -1.89. The number of aliphatic hydroxyl groups is 1. The second-order valence-electron chi connectivity index (χ2n) is 4.39. The molecular weight excluding hydrogens is 252 g/mol. The minimum absolute atomic E-state index is 0.0207. The summed E-state index contributed by atoms with van der Waals surface area (Å²) in [7, 11) is 1.18. The number of aliphatic hydroxyl groups excluding tert-OH is 1. The van der Waals surface area contributed by atoms with Gasteiger partial charge in [-0.2, -0.15) is 0 Å². The lowest BCUT2D eigenvalue weighted by Crippen LogP contribution is -2.44. The Morgan fingerprint density at radius 2 is 2.11 bits per heavy atom. The molecule has 0 aliphatic rings. The fourth-order valence-corrected chi connectivity index (χ4v) is 1.61. The first-order valence-electron chi connectivity index (χ1n) is 5.88. The van der Waals surface area contributed by atoms with E-state index in [4.69, 9.17) is 9.63 Å². The van der Waals surface area contributed by atoms with Crippen LogP contribution in [0.3, 0.4) is 0 Å². The number of hydrogen-bond acceptors (Lipinski definition) is 6. The van der Waals surface area contributed by atoms with Crippen LogP contribution in [0.25, 0.3) is 0 Å². The third-order valence-electron chi connectivity index (χ3n) is 2.61. The van der Waals surface area contributed by atoms with Crippen LogP contribution in [0.5, 0.6) is 0 Å². The second kappa shape index (κ2) is 6.33. The van der Waals surface area contributed by atoms with Crippen LogP contribution in [0, 0.1) is 6.92 Å². The smallest absolute Gasteiger partial charge is 0.330 e. The summed E-state index contributed by atoms with van der Waals surface area (Å²) in [4.78, 5) is 23.4. The predicted octanol–water partition coefficient (Wildman–Crippen LogP) is 0.370. The van der Waals surface area contributed by atoms with Crippen molar-refractivity contribution in [3.05, 3.63) is 17.0 Å². The minimum Gasteiger partial charge on any atom is -0.467 e. The number of aryl methyl sites for hydroxylation is 1. The highest BCUT2D eigenvalue weighted by Crippen LogP contribution is 2.22. The van der Waals surface area contributed by atoms with E-state index in [1.165, 1.54) is 7.11 Å². The highest BCUT2D eigenvalue weighted by atomic mass is 16.5. The van der Waals surface area contributed by atoms with Gasteiger partial charge >= 0.3 is 5.97 Å². The maximum absolute atomic E-state index is 12.1. The fraction of sp³-hybridized carbons (Fsp3) is 0.583. The van der Waals surface area contributed by atoms with Gasteiger partial charge in [0.05, 0.1) is 19.4 Å².